The zero-order valence-corrected chi connectivity index (χ0v) is 17.4. The van der Waals surface area contributed by atoms with Crippen LogP contribution in [0.3, 0.4) is 0 Å². The van der Waals surface area contributed by atoms with E-state index in [-0.39, 0.29) is 5.71 Å². The third-order valence-corrected chi connectivity index (χ3v) is 5.23. The van der Waals surface area contributed by atoms with Crippen molar-refractivity contribution in [2.45, 2.75) is 5.60 Å². The Kier molecular flexibility index (Phi) is 6.25. The number of benzene rings is 4. The van der Waals surface area contributed by atoms with Crippen molar-refractivity contribution >= 4 is 22.6 Å². The summed E-state index contributed by atoms with van der Waals surface area (Å²) >= 11 is 5.90. The van der Waals surface area contributed by atoms with Crippen LogP contribution in [0.4, 0.5) is 0 Å². The maximum absolute atomic E-state index is 12.2. The Balaban J connectivity index is 1.95. The molecule has 0 N–H and O–H groups in total. The minimum atomic E-state index is -1.07. The molecule has 0 spiro atoms. The number of nitrogens with zero attached hydrogens (tertiary/aromatic N) is 1. The van der Waals surface area contributed by atoms with E-state index in [4.69, 9.17) is 16.4 Å². The second-order valence-electron chi connectivity index (χ2n) is 6.95. The van der Waals surface area contributed by atoms with Crippen LogP contribution in [0.2, 0.25) is 0 Å². The van der Waals surface area contributed by atoms with Crippen molar-refractivity contribution in [3.05, 3.63) is 144 Å². The molecule has 0 saturated carbocycles. The van der Waals surface area contributed by atoms with E-state index in [1.54, 1.807) is 12.1 Å². The van der Waals surface area contributed by atoms with E-state index in [2.05, 4.69) is 5.16 Å². The molecule has 3 nitrogen and oxygen atoms in total. The lowest BCUT2D eigenvalue weighted by Crippen LogP contribution is -2.32. The van der Waals surface area contributed by atoms with Crippen LogP contribution in [0.15, 0.2) is 126 Å². The fraction of sp³-hybridized carbons (Fsp3) is 0.0370. The smallest absolute Gasteiger partial charge is 0.274 e. The van der Waals surface area contributed by atoms with Gasteiger partial charge in [-0.2, -0.15) is 0 Å². The summed E-state index contributed by atoms with van der Waals surface area (Å²) in [6.45, 7) is 0. The van der Waals surface area contributed by atoms with E-state index in [0.29, 0.717) is 5.56 Å². The third-order valence-electron chi connectivity index (χ3n) is 5.05. The molecule has 0 unspecified atom stereocenters. The molecular formula is C27H20ClNO2. The molecule has 0 radical (unpaired) electrons. The first-order chi connectivity index (χ1) is 15.2. The Labute approximate surface area is 186 Å². The fourth-order valence-electron chi connectivity index (χ4n) is 3.59. The molecule has 0 aromatic heterocycles. The highest BCUT2D eigenvalue weighted by molar-refractivity contribution is 6.84. The molecule has 152 valence electrons. The Morgan fingerprint density at radius 3 is 1.32 bits per heavy atom. The van der Waals surface area contributed by atoms with Gasteiger partial charge in [-0.1, -0.05) is 126 Å². The van der Waals surface area contributed by atoms with Gasteiger partial charge in [-0.15, -0.1) is 0 Å². The Bertz CT molecular complexity index is 1060. The summed E-state index contributed by atoms with van der Waals surface area (Å²) in [6, 6.07) is 38.5. The van der Waals surface area contributed by atoms with Crippen LogP contribution < -0.4 is 0 Å². The monoisotopic (exact) mass is 425 g/mol. The van der Waals surface area contributed by atoms with Crippen molar-refractivity contribution in [3.8, 4) is 0 Å². The molecule has 0 bridgehead atoms. The van der Waals surface area contributed by atoms with E-state index >= 15 is 0 Å². The van der Waals surface area contributed by atoms with Crippen molar-refractivity contribution in [1.82, 2.24) is 0 Å². The fourth-order valence-corrected chi connectivity index (χ4v) is 3.73. The van der Waals surface area contributed by atoms with E-state index in [1.165, 1.54) is 0 Å². The Hall–Kier alpha value is -3.69. The first-order valence-electron chi connectivity index (χ1n) is 9.90. The highest BCUT2D eigenvalue weighted by Gasteiger charge is 2.39. The predicted molar refractivity (Wildman–Crippen MR) is 124 cm³/mol. The first-order valence-corrected chi connectivity index (χ1v) is 10.3. The zero-order chi connectivity index (χ0) is 21.5. The van der Waals surface area contributed by atoms with Crippen molar-refractivity contribution < 1.29 is 9.63 Å². The maximum Gasteiger partial charge on any atom is 0.274 e. The summed E-state index contributed by atoms with van der Waals surface area (Å²) in [5.74, 6) is 0. The molecule has 4 aromatic rings. The van der Waals surface area contributed by atoms with Gasteiger partial charge in [-0.05, 0) is 11.6 Å². The van der Waals surface area contributed by atoms with Crippen molar-refractivity contribution in [3.63, 3.8) is 0 Å². The average Bonchev–Trinajstić information content (AvgIpc) is 2.84. The summed E-state index contributed by atoms with van der Waals surface area (Å²) in [5, 5.41) is 3.64. The minimum Gasteiger partial charge on any atom is -0.374 e. The van der Waals surface area contributed by atoms with Gasteiger partial charge in [-0.3, -0.25) is 4.79 Å². The number of hydrogen-bond donors (Lipinski definition) is 0. The van der Waals surface area contributed by atoms with Gasteiger partial charge in [-0.25, -0.2) is 0 Å². The molecule has 0 heterocycles. The summed E-state index contributed by atoms with van der Waals surface area (Å²) < 4.78 is 0. The zero-order valence-electron chi connectivity index (χ0n) is 16.7. The van der Waals surface area contributed by atoms with Gasteiger partial charge < -0.3 is 4.84 Å². The van der Waals surface area contributed by atoms with Gasteiger partial charge in [0, 0.05) is 22.3 Å². The van der Waals surface area contributed by atoms with Gasteiger partial charge in [0.1, 0.15) is 0 Å². The van der Waals surface area contributed by atoms with E-state index in [0.717, 1.165) is 16.7 Å². The Morgan fingerprint density at radius 2 is 0.968 bits per heavy atom. The molecule has 4 rings (SSSR count). The number of oxime groups is 1. The Morgan fingerprint density at radius 1 is 0.613 bits per heavy atom. The second-order valence-corrected chi connectivity index (χ2v) is 7.29. The summed E-state index contributed by atoms with van der Waals surface area (Å²) in [4.78, 5) is 18.6. The van der Waals surface area contributed by atoms with Gasteiger partial charge in [0.05, 0.1) is 0 Å². The van der Waals surface area contributed by atoms with Crippen molar-refractivity contribution in [1.29, 1.82) is 0 Å². The van der Waals surface area contributed by atoms with Gasteiger partial charge in [0.25, 0.3) is 5.24 Å². The maximum atomic E-state index is 12.2. The van der Waals surface area contributed by atoms with Crippen LogP contribution in [0.1, 0.15) is 22.3 Å². The average molecular weight is 426 g/mol. The standard InChI is InChI=1S/C27H20ClNO2/c28-26(30)25(21-13-5-1-6-14-21)29-31-27(22-15-7-2-8-16-22,23-17-9-3-10-18-23)24-19-11-4-12-20-24/h1-20H. The van der Waals surface area contributed by atoms with E-state index < -0.39 is 10.8 Å². The van der Waals surface area contributed by atoms with Crippen LogP contribution in [-0.2, 0) is 15.2 Å². The number of carbonyl (C=O) groups is 1. The highest BCUT2D eigenvalue weighted by atomic mass is 35.5. The molecular weight excluding hydrogens is 406 g/mol. The minimum absolute atomic E-state index is 0.0504. The van der Waals surface area contributed by atoms with E-state index in [9.17, 15) is 4.79 Å². The van der Waals surface area contributed by atoms with Gasteiger partial charge in [0.2, 0.25) is 5.60 Å². The molecule has 4 aromatic carbocycles. The SMILES string of the molecule is O=C(Cl)C(=NOC(c1ccccc1)(c1ccccc1)c1ccccc1)c1ccccc1. The lowest BCUT2D eigenvalue weighted by molar-refractivity contribution is -0.106. The third kappa shape index (κ3) is 4.27. The van der Waals surface area contributed by atoms with Crippen LogP contribution in [0, 0.1) is 0 Å². The number of rotatable bonds is 7. The molecule has 0 saturated heterocycles. The molecule has 0 amide bonds. The van der Waals surface area contributed by atoms with Crippen LogP contribution in [0.25, 0.3) is 0 Å². The quantitative estimate of drug-likeness (QED) is 0.154. The normalized spacial score (nSPS) is 11.7. The summed E-state index contributed by atoms with van der Waals surface area (Å²) in [7, 11) is 0. The lowest BCUT2D eigenvalue weighted by atomic mass is 9.80. The second kappa shape index (κ2) is 9.41. The number of carbonyl (C=O) groups excluding carboxylic acids is 1. The van der Waals surface area contributed by atoms with Gasteiger partial charge in [0.15, 0.2) is 5.71 Å². The van der Waals surface area contributed by atoms with Crippen molar-refractivity contribution in [2.24, 2.45) is 5.16 Å². The van der Waals surface area contributed by atoms with Crippen LogP contribution in [-0.4, -0.2) is 11.0 Å². The first kappa shape index (κ1) is 20.6. The number of hydrogen-bond acceptors (Lipinski definition) is 3. The molecule has 0 atom stereocenters. The molecule has 31 heavy (non-hydrogen) atoms. The topological polar surface area (TPSA) is 38.7 Å². The summed E-state index contributed by atoms with van der Waals surface area (Å²) in [6.07, 6.45) is 0. The molecule has 0 aliphatic rings. The molecule has 0 aliphatic carbocycles. The molecule has 0 fully saturated rings. The predicted octanol–water partition coefficient (Wildman–Crippen LogP) is 6.16. The van der Waals surface area contributed by atoms with Crippen LogP contribution in [0.5, 0.6) is 0 Å². The van der Waals surface area contributed by atoms with E-state index in [1.807, 2.05) is 109 Å². The highest BCUT2D eigenvalue weighted by Crippen LogP contribution is 2.40. The largest absolute Gasteiger partial charge is 0.374 e. The molecule has 0 aliphatic heterocycles. The van der Waals surface area contributed by atoms with Crippen LogP contribution >= 0.6 is 11.6 Å². The van der Waals surface area contributed by atoms with Crippen molar-refractivity contribution in [2.75, 3.05) is 0 Å². The van der Waals surface area contributed by atoms with Gasteiger partial charge >= 0.3 is 0 Å². The lowest BCUT2D eigenvalue weighted by Gasteiger charge is -2.33. The molecule has 4 heteroatoms. The number of halogens is 1. The summed E-state index contributed by atoms with van der Waals surface area (Å²) in [5.41, 5.74) is 2.21.